The number of guanidine groups is 1. The molecule has 1 heterocycles. The van der Waals surface area contributed by atoms with Gasteiger partial charge in [-0.25, -0.2) is 4.99 Å². The highest BCUT2D eigenvalue weighted by atomic mass is 35.5. The predicted molar refractivity (Wildman–Crippen MR) is 155 cm³/mol. The zero-order chi connectivity index (χ0) is 30.3. The number of nitrogens with two attached hydrogens (primary N) is 3. The van der Waals surface area contributed by atoms with E-state index >= 15 is 0 Å². The first-order valence-corrected chi connectivity index (χ1v) is 12.4. The molecule has 2 aromatic carbocycles. The summed E-state index contributed by atoms with van der Waals surface area (Å²) in [6.07, 6.45) is -0.265. The number of carbonyl (C=O) groups excluding carboxylic acids is 4. The van der Waals surface area contributed by atoms with Crippen LogP contribution in [-0.2, 0) is 14.4 Å². The number of Topliss-reactive ketones (excluding diaryl/α,β-unsaturated/α-hetero) is 1. The second-order valence-corrected chi connectivity index (χ2v) is 9.21. The molecule has 0 aromatic heterocycles. The van der Waals surface area contributed by atoms with Gasteiger partial charge in [0.1, 0.15) is 12.4 Å². The van der Waals surface area contributed by atoms with Gasteiger partial charge in [0, 0.05) is 42.7 Å². The molecule has 0 aliphatic carbocycles. The molecule has 15 nitrogen and oxygen atoms in total. The molecule has 1 aliphatic rings. The lowest BCUT2D eigenvalue weighted by Gasteiger charge is -2.47. The summed E-state index contributed by atoms with van der Waals surface area (Å²) in [4.78, 5) is 68.8. The maximum atomic E-state index is 13.6. The highest BCUT2D eigenvalue weighted by Gasteiger charge is 2.54. The third-order valence-electron chi connectivity index (χ3n) is 6.46. The van der Waals surface area contributed by atoms with Gasteiger partial charge in [0.25, 0.3) is 17.7 Å². The maximum Gasteiger partial charge on any atom is 0.323 e. The highest BCUT2D eigenvalue weighted by molar-refractivity contribution is 6.11. The number of nitrogen functional groups attached to an aromatic ring is 1. The number of carbonyl (C=O) groups is 5. The van der Waals surface area contributed by atoms with Gasteiger partial charge in [-0.15, -0.1) is 12.4 Å². The van der Waals surface area contributed by atoms with Crippen LogP contribution in [0.25, 0.3) is 0 Å². The van der Waals surface area contributed by atoms with Crippen LogP contribution in [0.4, 0.5) is 5.69 Å². The first-order chi connectivity index (χ1) is 19.3. The van der Waals surface area contributed by atoms with Gasteiger partial charge in [-0.1, -0.05) is 12.1 Å². The molecule has 224 valence electrons. The second-order valence-electron chi connectivity index (χ2n) is 9.21. The molecule has 3 rings (SSSR count). The van der Waals surface area contributed by atoms with Crippen LogP contribution in [0.1, 0.15) is 39.6 Å². The van der Waals surface area contributed by atoms with Crippen molar-refractivity contribution < 1.29 is 29.1 Å². The van der Waals surface area contributed by atoms with Gasteiger partial charge in [-0.2, -0.15) is 5.01 Å². The van der Waals surface area contributed by atoms with Gasteiger partial charge in [-0.3, -0.25) is 34.8 Å². The lowest BCUT2D eigenvalue weighted by atomic mass is 9.86. The maximum absolute atomic E-state index is 13.6. The number of carboxylic acids is 1. The van der Waals surface area contributed by atoms with Crippen molar-refractivity contribution in [2.24, 2.45) is 22.2 Å². The van der Waals surface area contributed by atoms with Gasteiger partial charge < -0.3 is 32.5 Å². The minimum absolute atomic E-state index is 0. The summed E-state index contributed by atoms with van der Waals surface area (Å²) in [7, 11) is 0. The quantitative estimate of drug-likeness (QED) is 0.0970. The fourth-order valence-electron chi connectivity index (χ4n) is 4.40. The number of nitrogens with one attached hydrogen (secondary N) is 3. The van der Waals surface area contributed by atoms with Crippen LogP contribution in [0.5, 0.6) is 0 Å². The average molecular weight is 602 g/mol. The number of aliphatic imine (C=N–C) groups is 1. The van der Waals surface area contributed by atoms with Crippen LogP contribution < -0.4 is 27.9 Å². The third kappa shape index (κ3) is 7.58. The van der Waals surface area contributed by atoms with Crippen LogP contribution in [0.15, 0.2) is 53.5 Å². The van der Waals surface area contributed by atoms with Crippen molar-refractivity contribution >= 4 is 59.4 Å². The van der Waals surface area contributed by atoms with E-state index in [-0.39, 0.29) is 61.4 Å². The molecule has 2 aromatic rings. The number of hydrazine groups is 1. The predicted octanol–water partition coefficient (Wildman–Crippen LogP) is -0.681. The van der Waals surface area contributed by atoms with Gasteiger partial charge in [0.2, 0.25) is 0 Å². The number of amides is 3. The fraction of sp³-hybridized carbons (Fsp3) is 0.269. The van der Waals surface area contributed by atoms with E-state index in [4.69, 9.17) is 22.6 Å². The van der Waals surface area contributed by atoms with Gasteiger partial charge in [0.15, 0.2) is 17.3 Å². The Hall–Kier alpha value is -5.02. The average Bonchev–Trinajstić information content (AvgIpc) is 2.91. The van der Waals surface area contributed by atoms with E-state index in [0.717, 1.165) is 11.8 Å². The van der Waals surface area contributed by atoms with E-state index in [1.807, 2.05) is 0 Å². The number of nitrogens with zero attached hydrogens (tertiary/aromatic N) is 3. The van der Waals surface area contributed by atoms with Gasteiger partial charge in [0.05, 0.1) is 5.69 Å². The molecule has 0 unspecified atom stereocenters. The van der Waals surface area contributed by atoms with Crippen molar-refractivity contribution in [1.82, 2.24) is 20.7 Å². The highest BCUT2D eigenvalue weighted by Crippen LogP contribution is 2.27. The lowest BCUT2D eigenvalue weighted by Crippen LogP contribution is -2.73. The number of ketones is 1. The second kappa shape index (κ2) is 14.0. The summed E-state index contributed by atoms with van der Waals surface area (Å²) >= 11 is 0. The molecule has 1 saturated heterocycles. The first-order valence-electron chi connectivity index (χ1n) is 12.4. The summed E-state index contributed by atoms with van der Waals surface area (Å²) in [5, 5.41) is 20.6. The number of hydrogen-bond acceptors (Lipinski definition) is 8. The van der Waals surface area contributed by atoms with Crippen molar-refractivity contribution in [3.05, 3.63) is 65.2 Å². The molecule has 16 heteroatoms. The van der Waals surface area contributed by atoms with E-state index in [9.17, 15) is 29.1 Å². The summed E-state index contributed by atoms with van der Waals surface area (Å²) in [6, 6.07) is 11.9. The van der Waals surface area contributed by atoms with Crippen molar-refractivity contribution in [2.75, 3.05) is 26.2 Å². The normalized spacial score (nSPS) is 16.5. The minimum atomic E-state index is -1.99. The van der Waals surface area contributed by atoms with E-state index in [1.54, 1.807) is 0 Å². The summed E-state index contributed by atoms with van der Waals surface area (Å²) in [6.45, 7) is 0.221. The molecular formula is C26H32ClN9O6. The standard InChI is InChI=1S/C26H31N9O6.ClH/c1-15(36)26(10-11-31-22(39)17-6-8-19(9-7-17)32-25(29)30)24(41)34(14-20(37)38)12-13-35(26)33-23(40)18-4-2-16(3-5-18)21(27)28;/h2-9H,10-14H2,1H3,(H3,27,28)(H,31,39)(H,33,40)(H,37,38)(H4,29,30,32);1H/t26-;/m0./s1. The van der Waals surface area contributed by atoms with E-state index < -0.39 is 41.6 Å². The van der Waals surface area contributed by atoms with Gasteiger partial charge >= 0.3 is 5.97 Å². The Morgan fingerprint density at radius 2 is 1.50 bits per heavy atom. The van der Waals surface area contributed by atoms with Crippen LogP contribution >= 0.6 is 12.4 Å². The molecule has 1 fully saturated rings. The molecular weight excluding hydrogens is 570 g/mol. The van der Waals surface area contributed by atoms with Crippen LogP contribution in [0.2, 0.25) is 0 Å². The smallest absolute Gasteiger partial charge is 0.323 e. The Labute approximate surface area is 247 Å². The number of hydrogen-bond donors (Lipinski definition) is 7. The van der Waals surface area contributed by atoms with Crippen LogP contribution in [-0.4, -0.2) is 88.0 Å². The van der Waals surface area contributed by atoms with Crippen LogP contribution in [0.3, 0.4) is 0 Å². The topological polar surface area (TPSA) is 250 Å². The van der Waals surface area contributed by atoms with Crippen molar-refractivity contribution in [3.63, 3.8) is 0 Å². The SMILES string of the molecule is CC(=O)[C@@]1(CCNC(=O)c2ccc(N=C(N)N)cc2)C(=O)N(CC(=O)O)CCN1NC(=O)c1ccc(C(=N)N)cc1.Cl. The molecule has 42 heavy (non-hydrogen) atoms. The molecule has 10 N–H and O–H groups in total. The number of halogens is 1. The minimum Gasteiger partial charge on any atom is -0.480 e. The molecule has 0 spiro atoms. The molecule has 0 bridgehead atoms. The van der Waals surface area contributed by atoms with Crippen molar-refractivity contribution in [3.8, 4) is 0 Å². The van der Waals surface area contributed by atoms with E-state index in [1.165, 1.54) is 53.5 Å². The third-order valence-corrected chi connectivity index (χ3v) is 6.46. The summed E-state index contributed by atoms with van der Waals surface area (Å²) in [5.74, 6) is -4.21. The van der Waals surface area contributed by atoms with Crippen molar-refractivity contribution in [1.29, 1.82) is 5.41 Å². The van der Waals surface area contributed by atoms with Crippen molar-refractivity contribution in [2.45, 2.75) is 18.9 Å². The lowest BCUT2D eigenvalue weighted by molar-refractivity contribution is -0.165. The number of amidine groups is 1. The number of aliphatic carboxylic acids is 1. The molecule has 0 saturated carbocycles. The monoisotopic (exact) mass is 601 g/mol. The summed E-state index contributed by atoms with van der Waals surface area (Å²) < 4.78 is 0. The van der Waals surface area contributed by atoms with E-state index in [0.29, 0.717) is 11.3 Å². The molecule has 1 atom stereocenters. The zero-order valence-electron chi connectivity index (χ0n) is 22.6. The Balaban J connectivity index is 0.00000616. The Kier molecular flexibility index (Phi) is 11.1. The molecule has 3 amide bonds. The van der Waals surface area contributed by atoms with Crippen LogP contribution in [0, 0.1) is 5.41 Å². The first kappa shape index (κ1) is 33.2. The number of piperazine rings is 1. The van der Waals surface area contributed by atoms with Gasteiger partial charge in [-0.05, 0) is 43.3 Å². The zero-order valence-corrected chi connectivity index (χ0v) is 23.4. The Morgan fingerprint density at radius 3 is 2.02 bits per heavy atom. The van der Waals surface area contributed by atoms with E-state index in [2.05, 4.69) is 15.7 Å². The Morgan fingerprint density at radius 1 is 0.952 bits per heavy atom. The Bertz CT molecular complexity index is 1390. The number of rotatable bonds is 11. The number of benzene rings is 2. The molecule has 0 radical (unpaired) electrons. The summed E-state index contributed by atoms with van der Waals surface area (Å²) in [5.41, 5.74) is 18.0. The molecule has 1 aliphatic heterocycles. The largest absolute Gasteiger partial charge is 0.480 e. The number of carboxylic acid groups (broad SMARTS) is 1. The fourth-order valence-corrected chi connectivity index (χ4v) is 4.40.